The first kappa shape index (κ1) is 34.5. The Hall–Kier alpha value is -5.92. The van der Waals surface area contributed by atoms with Gasteiger partial charge in [0.25, 0.3) is 0 Å². The average Bonchev–Trinajstić information content (AvgIpc) is 3.95. The standard InChI is InChI=1S/C20H21N5O.C19H22N6O/c1-2-25-9-7-14(8-10-25)18-5-6-19(24-23-18)17-4-3-15(11-20(17)26)16-12-21-22-13-16;1-25(15-6-8-20-9-7-15)19-5-4-17(23-24-19)16-3-2-13(10-18(16)26)14-11-21-22-12-14/h3-7,11-13,26H,2,8-10H2,1H3,(H,21,22);2-5,10-12,15,20,26H,6-9H2,1H3,(H,21,22). The number of anilines is 1. The van der Waals surface area contributed by atoms with Crippen LogP contribution in [0.4, 0.5) is 5.82 Å². The Morgan fingerprint density at radius 2 is 1.31 bits per heavy atom. The number of phenolic OH excluding ortho intramolecular Hbond substituents is 2. The van der Waals surface area contributed by atoms with Gasteiger partial charge in [-0.2, -0.15) is 15.3 Å². The summed E-state index contributed by atoms with van der Waals surface area (Å²) in [5.74, 6) is 1.22. The third-order valence-electron chi connectivity index (χ3n) is 9.81. The van der Waals surface area contributed by atoms with Gasteiger partial charge in [-0.05, 0) is 104 Å². The Bertz CT molecular complexity index is 2070. The van der Waals surface area contributed by atoms with E-state index in [9.17, 15) is 10.2 Å². The van der Waals surface area contributed by atoms with Crippen molar-refractivity contribution in [1.82, 2.24) is 51.0 Å². The van der Waals surface area contributed by atoms with Gasteiger partial charge in [-0.1, -0.05) is 25.1 Å². The quantitative estimate of drug-likeness (QED) is 0.131. The van der Waals surface area contributed by atoms with E-state index in [1.54, 1.807) is 36.9 Å². The Kier molecular flexibility index (Phi) is 10.6. The fourth-order valence-corrected chi connectivity index (χ4v) is 6.59. The third kappa shape index (κ3) is 7.85. The zero-order valence-corrected chi connectivity index (χ0v) is 29.4. The lowest BCUT2D eigenvalue weighted by atomic mass is 10.0. The molecule has 0 amide bonds. The van der Waals surface area contributed by atoms with Crippen molar-refractivity contribution < 1.29 is 10.2 Å². The largest absolute Gasteiger partial charge is 0.507 e. The number of nitrogens with one attached hydrogen (secondary N) is 3. The second-order valence-corrected chi connectivity index (χ2v) is 13.0. The lowest BCUT2D eigenvalue weighted by Gasteiger charge is -2.32. The molecule has 0 unspecified atom stereocenters. The molecular weight excluding hydrogens is 655 g/mol. The number of benzene rings is 2. The Morgan fingerprint density at radius 1 is 0.731 bits per heavy atom. The smallest absolute Gasteiger partial charge is 0.151 e. The van der Waals surface area contributed by atoms with Crippen LogP contribution in [0.15, 0.2) is 91.5 Å². The van der Waals surface area contributed by atoms with Gasteiger partial charge in [0.05, 0.1) is 29.5 Å². The van der Waals surface area contributed by atoms with Crippen LogP contribution in [0, 0.1) is 0 Å². The van der Waals surface area contributed by atoms with Crippen LogP contribution in [-0.2, 0) is 0 Å². The minimum atomic E-state index is 0.178. The van der Waals surface area contributed by atoms with Gasteiger partial charge in [0.2, 0.25) is 0 Å². The lowest BCUT2D eigenvalue weighted by Crippen LogP contribution is -2.41. The van der Waals surface area contributed by atoms with Crippen molar-refractivity contribution >= 4 is 11.4 Å². The molecule has 1 saturated heterocycles. The molecule has 2 aromatic carbocycles. The molecule has 13 heteroatoms. The summed E-state index contributed by atoms with van der Waals surface area (Å²) in [5, 5.41) is 55.0. The number of aromatic nitrogens is 8. The van der Waals surface area contributed by atoms with Crippen LogP contribution < -0.4 is 10.2 Å². The molecule has 6 heterocycles. The number of hydrogen-bond acceptors (Lipinski definition) is 11. The highest BCUT2D eigenvalue weighted by Gasteiger charge is 2.20. The van der Waals surface area contributed by atoms with Gasteiger partial charge in [0, 0.05) is 60.8 Å². The summed E-state index contributed by atoms with van der Waals surface area (Å²) in [6.07, 6.45) is 12.5. The lowest BCUT2D eigenvalue weighted by molar-refractivity contribution is 0.318. The summed E-state index contributed by atoms with van der Waals surface area (Å²) >= 11 is 0. The average molecular weight is 698 g/mol. The molecule has 52 heavy (non-hydrogen) atoms. The fourth-order valence-electron chi connectivity index (χ4n) is 6.59. The zero-order chi connectivity index (χ0) is 35.9. The summed E-state index contributed by atoms with van der Waals surface area (Å²) in [5.41, 5.74) is 8.47. The molecule has 4 aromatic heterocycles. The van der Waals surface area contributed by atoms with Gasteiger partial charge >= 0.3 is 0 Å². The third-order valence-corrected chi connectivity index (χ3v) is 9.81. The monoisotopic (exact) mass is 697 g/mol. The van der Waals surface area contributed by atoms with Crippen molar-refractivity contribution in [3.63, 3.8) is 0 Å². The van der Waals surface area contributed by atoms with E-state index in [4.69, 9.17) is 0 Å². The molecule has 5 N–H and O–H groups in total. The van der Waals surface area contributed by atoms with Crippen LogP contribution >= 0.6 is 0 Å². The number of likely N-dealkylation sites (N-methyl/N-ethyl adjacent to an activating group) is 1. The zero-order valence-electron chi connectivity index (χ0n) is 29.4. The second-order valence-electron chi connectivity index (χ2n) is 13.0. The van der Waals surface area contributed by atoms with Crippen LogP contribution in [0.25, 0.3) is 50.3 Å². The van der Waals surface area contributed by atoms with Crippen LogP contribution in [0.2, 0.25) is 0 Å². The van der Waals surface area contributed by atoms with Crippen LogP contribution in [0.1, 0.15) is 31.9 Å². The van der Waals surface area contributed by atoms with Crippen LogP contribution in [0.5, 0.6) is 11.5 Å². The summed E-state index contributed by atoms with van der Waals surface area (Å²) in [7, 11) is 2.07. The van der Waals surface area contributed by atoms with Crippen molar-refractivity contribution in [2.24, 2.45) is 0 Å². The highest BCUT2D eigenvalue weighted by atomic mass is 16.3. The number of rotatable bonds is 8. The number of nitrogens with zero attached hydrogens (tertiary/aromatic N) is 8. The maximum absolute atomic E-state index is 10.4. The van der Waals surface area contributed by atoms with Gasteiger partial charge in [-0.3, -0.25) is 15.1 Å². The molecule has 2 aliphatic heterocycles. The van der Waals surface area contributed by atoms with Crippen molar-refractivity contribution in [3.05, 3.63) is 97.2 Å². The van der Waals surface area contributed by atoms with Crippen LogP contribution in [0.3, 0.4) is 0 Å². The highest BCUT2D eigenvalue weighted by molar-refractivity contribution is 5.75. The molecule has 0 bridgehead atoms. The molecule has 0 radical (unpaired) electrons. The van der Waals surface area contributed by atoms with Crippen LogP contribution in [-0.4, -0.2) is 102 Å². The number of aromatic amines is 2. The Labute approximate surface area is 302 Å². The van der Waals surface area contributed by atoms with E-state index in [0.717, 1.165) is 85.8 Å². The van der Waals surface area contributed by atoms with E-state index in [1.165, 1.54) is 5.57 Å². The Balaban J connectivity index is 0.000000162. The van der Waals surface area contributed by atoms with Crippen molar-refractivity contribution in [2.45, 2.75) is 32.2 Å². The van der Waals surface area contributed by atoms with Crippen molar-refractivity contribution in [1.29, 1.82) is 0 Å². The van der Waals surface area contributed by atoms with Crippen molar-refractivity contribution in [3.8, 4) is 56.3 Å². The minimum absolute atomic E-state index is 0.178. The molecule has 0 aliphatic carbocycles. The highest BCUT2D eigenvalue weighted by Crippen LogP contribution is 2.34. The number of phenols is 2. The molecule has 0 spiro atoms. The van der Waals surface area contributed by atoms with E-state index >= 15 is 0 Å². The van der Waals surface area contributed by atoms with Gasteiger partial charge < -0.3 is 20.4 Å². The topological polar surface area (TPSA) is 168 Å². The Morgan fingerprint density at radius 3 is 1.77 bits per heavy atom. The van der Waals surface area contributed by atoms with Gasteiger partial charge in [0.15, 0.2) is 5.82 Å². The second kappa shape index (κ2) is 16.0. The minimum Gasteiger partial charge on any atom is -0.507 e. The number of aromatic hydroxyl groups is 2. The van der Waals surface area contributed by atoms with Gasteiger partial charge in [-0.25, -0.2) is 0 Å². The van der Waals surface area contributed by atoms with Gasteiger partial charge in [0.1, 0.15) is 11.5 Å². The summed E-state index contributed by atoms with van der Waals surface area (Å²) in [4.78, 5) is 4.59. The normalized spacial score (nSPS) is 15.1. The van der Waals surface area contributed by atoms with E-state index in [0.29, 0.717) is 28.6 Å². The van der Waals surface area contributed by atoms with E-state index < -0.39 is 0 Å². The fraction of sp³-hybridized carbons (Fsp3) is 0.282. The summed E-state index contributed by atoms with van der Waals surface area (Å²) in [6.45, 7) is 7.35. The molecule has 13 nitrogen and oxygen atoms in total. The number of hydrogen-bond donors (Lipinski definition) is 5. The SMILES string of the molecule is CCN1CC=C(c2ccc(-c3ccc(-c4cn[nH]c4)cc3O)nn2)CC1.CN(c1ccc(-c2ccc(-c3cn[nH]c3)cc2O)nn1)C1CCNCC1. The first-order chi connectivity index (χ1) is 25.5. The molecule has 6 aromatic rings. The maximum atomic E-state index is 10.4. The van der Waals surface area contributed by atoms with E-state index in [2.05, 4.69) is 76.0 Å². The number of piperidine rings is 1. The molecule has 0 atom stereocenters. The van der Waals surface area contributed by atoms with Crippen molar-refractivity contribution in [2.75, 3.05) is 44.7 Å². The predicted molar refractivity (Wildman–Crippen MR) is 202 cm³/mol. The summed E-state index contributed by atoms with van der Waals surface area (Å²) in [6, 6.07) is 19.3. The van der Waals surface area contributed by atoms with E-state index in [-0.39, 0.29) is 11.5 Å². The molecule has 0 saturated carbocycles. The molecule has 2 aliphatic rings. The molecule has 266 valence electrons. The first-order valence-corrected chi connectivity index (χ1v) is 17.6. The molecule has 8 rings (SSSR count). The first-order valence-electron chi connectivity index (χ1n) is 17.6. The maximum Gasteiger partial charge on any atom is 0.151 e. The molecular formula is C39H43N11O2. The molecule has 1 fully saturated rings. The summed E-state index contributed by atoms with van der Waals surface area (Å²) < 4.78 is 0. The van der Waals surface area contributed by atoms with E-state index in [1.807, 2.05) is 48.5 Å². The number of H-pyrrole nitrogens is 2. The van der Waals surface area contributed by atoms with Gasteiger partial charge in [-0.15, -0.1) is 15.3 Å². The predicted octanol–water partition coefficient (Wildman–Crippen LogP) is 5.78.